The Morgan fingerprint density at radius 2 is 1.84 bits per heavy atom. The molecule has 2 saturated heterocycles. The Bertz CT molecular complexity index is 1240. The van der Waals surface area contributed by atoms with E-state index < -0.39 is 22.0 Å². The number of carbonyl (C=O) groups is 1. The van der Waals surface area contributed by atoms with Gasteiger partial charge in [0.2, 0.25) is 5.95 Å². The highest BCUT2D eigenvalue weighted by molar-refractivity contribution is 7.91. The molecule has 202 valence electrons. The van der Waals surface area contributed by atoms with E-state index in [1.54, 1.807) is 6.20 Å². The Morgan fingerprint density at radius 3 is 2.46 bits per heavy atom. The number of nitrogens with zero attached hydrogens (tertiary/aromatic N) is 4. The lowest BCUT2D eigenvalue weighted by Gasteiger charge is -2.32. The summed E-state index contributed by atoms with van der Waals surface area (Å²) in [5, 5.41) is 6.76. The van der Waals surface area contributed by atoms with Gasteiger partial charge in [0.05, 0.1) is 16.7 Å². The van der Waals surface area contributed by atoms with E-state index in [0.29, 0.717) is 12.5 Å². The third kappa shape index (κ3) is 6.40. The molecule has 3 aliphatic heterocycles. The Morgan fingerprint density at radius 1 is 1.16 bits per heavy atom. The zero-order chi connectivity index (χ0) is 27.0. The van der Waals surface area contributed by atoms with Gasteiger partial charge in [-0.15, -0.1) is 0 Å². The largest absolute Gasteiger partial charge is 0.490 e. The van der Waals surface area contributed by atoms with Crippen molar-refractivity contribution in [2.45, 2.75) is 56.3 Å². The van der Waals surface area contributed by atoms with Crippen molar-refractivity contribution in [3.05, 3.63) is 52.8 Å². The van der Waals surface area contributed by atoms with E-state index >= 15 is 0 Å². The molecule has 4 heterocycles. The molecule has 1 aromatic carbocycles. The summed E-state index contributed by atoms with van der Waals surface area (Å²) in [4.78, 5) is 23.0. The molecule has 3 aliphatic rings. The Labute approximate surface area is 214 Å². The minimum absolute atomic E-state index is 0.0619. The molecule has 0 amide bonds. The third-order valence-electron chi connectivity index (χ3n) is 7.11. The molecule has 0 spiro atoms. The number of alkyl halides is 3. The van der Waals surface area contributed by atoms with E-state index in [1.807, 2.05) is 0 Å². The molecule has 12 heteroatoms. The number of sulfone groups is 1. The fourth-order valence-electron chi connectivity index (χ4n) is 5.25. The number of aryl methyl sites for hydroxylation is 1. The van der Waals surface area contributed by atoms with Gasteiger partial charge in [0.25, 0.3) is 0 Å². The number of halogens is 3. The molecule has 2 aromatic rings. The number of aliphatic carboxylic acids is 1. The van der Waals surface area contributed by atoms with Crippen LogP contribution in [-0.2, 0) is 26.9 Å². The summed E-state index contributed by atoms with van der Waals surface area (Å²) in [7, 11) is -3.19. The first-order chi connectivity index (χ1) is 17.3. The summed E-state index contributed by atoms with van der Waals surface area (Å²) < 4.78 is 57.7. The van der Waals surface area contributed by atoms with Crippen molar-refractivity contribution in [3.8, 4) is 0 Å². The van der Waals surface area contributed by atoms with Gasteiger partial charge in [-0.05, 0) is 31.2 Å². The number of piperidine rings is 1. The summed E-state index contributed by atoms with van der Waals surface area (Å²) in [6.45, 7) is 8.41. The molecule has 2 fully saturated rings. The molecule has 0 aliphatic carbocycles. The number of hydrogen-bond acceptors (Lipinski definition) is 7. The second-order valence-electron chi connectivity index (χ2n) is 10.2. The lowest BCUT2D eigenvalue weighted by Crippen LogP contribution is -2.38. The van der Waals surface area contributed by atoms with Gasteiger partial charge in [0.15, 0.2) is 9.84 Å². The number of carboxylic acids is 1. The van der Waals surface area contributed by atoms with Crippen molar-refractivity contribution in [1.29, 1.82) is 0 Å². The molecule has 0 bridgehead atoms. The number of hydrogen-bond donors (Lipinski definition) is 1. The van der Waals surface area contributed by atoms with Crippen LogP contribution in [0.15, 0.2) is 30.5 Å². The maximum Gasteiger partial charge on any atom is 0.490 e. The minimum Gasteiger partial charge on any atom is -0.475 e. The van der Waals surface area contributed by atoms with Gasteiger partial charge in [0, 0.05) is 50.4 Å². The second-order valence-corrected chi connectivity index (χ2v) is 12.4. The molecule has 0 saturated carbocycles. The maximum atomic E-state index is 13.0. The van der Waals surface area contributed by atoms with Crippen LogP contribution in [-0.4, -0.2) is 72.0 Å². The van der Waals surface area contributed by atoms with Gasteiger partial charge in [0.1, 0.15) is 0 Å². The summed E-state index contributed by atoms with van der Waals surface area (Å²) in [6.07, 6.45) is -0.905. The molecule has 8 nitrogen and oxygen atoms in total. The highest BCUT2D eigenvalue weighted by Crippen LogP contribution is 2.40. The smallest absolute Gasteiger partial charge is 0.475 e. The number of likely N-dealkylation sites (tertiary alicyclic amines) is 1. The summed E-state index contributed by atoms with van der Waals surface area (Å²) in [6, 6.07) is 8.50. The molecule has 0 radical (unpaired) electrons. The van der Waals surface area contributed by atoms with Crippen molar-refractivity contribution in [1.82, 2.24) is 14.9 Å². The molecule has 1 aromatic heterocycles. The van der Waals surface area contributed by atoms with Crippen LogP contribution in [0.2, 0.25) is 0 Å². The first-order valence-electron chi connectivity index (χ1n) is 12.2. The van der Waals surface area contributed by atoms with E-state index in [4.69, 9.17) is 14.9 Å². The van der Waals surface area contributed by atoms with Crippen molar-refractivity contribution in [2.75, 3.05) is 31.1 Å². The minimum atomic E-state index is -5.08. The van der Waals surface area contributed by atoms with E-state index in [0.717, 1.165) is 49.8 Å². The lowest BCUT2D eigenvalue weighted by molar-refractivity contribution is -0.192. The van der Waals surface area contributed by atoms with E-state index in [-0.39, 0.29) is 16.9 Å². The van der Waals surface area contributed by atoms with Crippen LogP contribution in [0.25, 0.3) is 0 Å². The maximum absolute atomic E-state index is 13.0. The Hall–Kier alpha value is -2.73. The zero-order valence-electron chi connectivity index (χ0n) is 20.8. The molecule has 5 rings (SSSR count). The van der Waals surface area contributed by atoms with Gasteiger partial charge < -0.3 is 10.0 Å². The van der Waals surface area contributed by atoms with Crippen LogP contribution in [0.4, 0.5) is 19.1 Å². The fraction of sp³-hybridized carbons (Fsp3) is 0.560. The quantitative estimate of drug-likeness (QED) is 0.631. The van der Waals surface area contributed by atoms with E-state index in [9.17, 15) is 21.6 Å². The highest BCUT2D eigenvalue weighted by Gasteiger charge is 2.47. The van der Waals surface area contributed by atoms with Gasteiger partial charge >= 0.3 is 12.1 Å². The average Bonchev–Trinajstić information content (AvgIpc) is 3.25. The molecule has 1 N–H and O–H groups in total. The van der Waals surface area contributed by atoms with Gasteiger partial charge in [-0.1, -0.05) is 36.8 Å². The van der Waals surface area contributed by atoms with Gasteiger partial charge in [-0.2, -0.15) is 13.2 Å². The molecular weight excluding hydrogens is 509 g/mol. The predicted molar refractivity (Wildman–Crippen MR) is 132 cm³/mol. The summed E-state index contributed by atoms with van der Waals surface area (Å²) in [5.74, 6) is -1.34. The average molecular weight is 541 g/mol. The van der Waals surface area contributed by atoms with E-state index in [1.165, 1.54) is 17.5 Å². The second kappa shape index (κ2) is 10.6. The molecular formula is C25H31F3N4O4S. The SMILES string of the molecule is Cc1ccc(CN2C[C@@H]3c4nc(N5CCCC(C)C5)ncc4CS(=O)(=O)[C@@H]3C2)cc1.O=C(O)C(F)(F)F. The van der Waals surface area contributed by atoms with E-state index in [2.05, 4.69) is 52.9 Å². The number of fused-ring (bicyclic) bond motifs is 3. The fourth-order valence-corrected chi connectivity index (χ4v) is 7.27. The number of rotatable bonds is 3. The molecule has 3 atom stereocenters. The number of carboxylic acid groups (broad SMARTS) is 1. The van der Waals surface area contributed by atoms with Gasteiger partial charge in [-0.3, -0.25) is 4.90 Å². The van der Waals surface area contributed by atoms with Crippen molar-refractivity contribution in [3.63, 3.8) is 0 Å². The predicted octanol–water partition coefficient (Wildman–Crippen LogP) is 3.55. The Balaban J connectivity index is 0.000000405. The van der Waals surface area contributed by atoms with Crippen LogP contribution < -0.4 is 4.90 Å². The van der Waals surface area contributed by atoms with Crippen molar-refractivity contribution < 1.29 is 31.5 Å². The highest BCUT2D eigenvalue weighted by atomic mass is 32.2. The molecule has 37 heavy (non-hydrogen) atoms. The summed E-state index contributed by atoms with van der Waals surface area (Å²) >= 11 is 0. The van der Waals surface area contributed by atoms with Crippen LogP contribution in [0.3, 0.4) is 0 Å². The van der Waals surface area contributed by atoms with Crippen LogP contribution >= 0.6 is 0 Å². The first-order valence-corrected chi connectivity index (χ1v) is 14.0. The van der Waals surface area contributed by atoms with Crippen molar-refractivity contribution in [2.24, 2.45) is 5.92 Å². The Kier molecular flexibility index (Phi) is 7.80. The number of aromatic nitrogens is 2. The third-order valence-corrected chi connectivity index (χ3v) is 9.22. The molecule has 1 unspecified atom stereocenters. The first kappa shape index (κ1) is 27.3. The zero-order valence-corrected chi connectivity index (χ0v) is 21.6. The normalized spacial score (nSPS) is 25.0. The van der Waals surface area contributed by atoms with Gasteiger partial charge in [-0.25, -0.2) is 23.2 Å². The van der Waals surface area contributed by atoms with Crippen LogP contribution in [0.5, 0.6) is 0 Å². The number of anilines is 1. The topological polar surface area (TPSA) is 104 Å². The lowest BCUT2D eigenvalue weighted by atomic mass is 9.99. The van der Waals surface area contributed by atoms with Crippen LogP contribution in [0.1, 0.15) is 48.1 Å². The summed E-state index contributed by atoms with van der Waals surface area (Å²) in [5.41, 5.74) is 4.22. The standard InChI is InChI=1S/C23H30N4O2S.C2HF3O2/c1-16-5-7-18(8-6-16)12-26-13-20-21(14-26)30(28,29)15-19-10-24-23(25-22(19)20)27-9-3-4-17(2)11-27;3-2(4,5)1(6)7/h5-8,10,17,20-21H,3-4,9,11-15H2,1-2H3;(H,6,7)/t17?,20-,21+;/m0./s1. The number of benzene rings is 1. The van der Waals surface area contributed by atoms with Crippen molar-refractivity contribution >= 4 is 21.8 Å². The monoisotopic (exact) mass is 540 g/mol. The van der Waals surface area contributed by atoms with Crippen LogP contribution in [0, 0.1) is 12.8 Å².